The number of rotatable bonds is 2. The van der Waals surface area contributed by atoms with Crippen LogP contribution >= 0.6 is 0 Å². The van der Waals surface area contributed by atoms with Gasteiger partial charge in [-0.3, -0.25) is 4.79 Å². The Bertz CT molecular complexity index is 1120. The lowest BCUT2D eigenvalue weighted by atomic mass is 10.1. The van der Waals surface area contributed by atoms with Gasteiger partial charge >= 0.3 is 12.1 Å². The summed E-state index contributed by atoms with van der Waals surface area (Å²) in [6.07, 6.45) is -7.06. The number of H-pyrrole nitrogens is 1. The standard InChI is InChI=1S/C15H9F5N6O/c1-6-3-2-4-7-10(6)21-12-11(7)23-24-13(22-12)26-9(27)5-8(25-26)14(16,17)15(18,19)20/h2-4H,5H2,1H3,(H,21,22,24). The highest BCUT2D eigenvalue weighted by Crippen LogP contribution is 2.39. The van der Waals surface area contributed by atoms with Crippen LogP contribution in [0.3, 0.4) is 0 Å². The van der Waals surface area contributed by atoms with Crippen molar-refractivity contribution in [1.82, 2.24) is 20.2 Å². The van der Waals surface area contributed by atoms with Gasteiger partial charge in [0.15, 0.2) is 5.65 Å². The summed E-state index contributed by atoms with van der Waals surface area (Å²) in [6.45, 7) is 1.84. The average Bonchev–Trinajstić information content (AvgIpc) is 3.15. The SMILES string of the molecule is Cc1cccc2c1[nH]c1nc(N3N=C(C(F)(F)C(F)(F)F)CC3=O)nnc12. The minimum Gasteiger partial charge on any atom is -0.337 e. The van der Waals surface area contributed by atoms with Gasteiger partial charge in [-0.1, -0.05) is 18.2 Å². The van der Waals surface area contributed by atoms with E-state index in [9.17, 15) is 26.7 Å². The van der Waals surface area contributed by atoms with E-state index in [0.717, 1.165) is 5.56 Å². The number of hydrogen-bond donors (Lipinski definition) is 1. The Hall–Kier alpha value is -3.18. The molecule has 1 amide bonds. The van der Waals surface area contributed by atoms with Crippen LogP contribution in [0.15, 0.2) is 23.3 Å². The van der Waals surface area contributed by atoms with E-state index in [0.29, 0.717) is 21.4 Å². The van der Waals surface area contributed by atoms with Crippen molar-refractivity contribution in [2.75, 3.05) is 5.01 Å². The number of hydrazone groups is 1. The fraction of sp³-hybridized carbons (Fsp3) is 0.267. The maximum Gasteiger partial charge on any atom is 0.459 e. The highest BCUT2D eigenvalue weighted by atomic mass is 19.4. The second kappa shape index (κ2) is 5.41. The highest BCUT2D eigenvalue weighted by Gasteiger charge is 2.63. The molecule has 7 nitrogen and oxygen atoms in total. The minimum absolute atomic E-state index is 0.198. The van der Waals surface area contributed by atoms with Crippen LogP contribution in [0.1, 0.15) is 12.0 Å². The number of nitrogens with zero attached hydrogens (tertiary/aromatic N) is 5. The number of amides is 1. The molecule has 0 radical (unpaired) electrons. The summed E-state index contributed by atoms with van der Waals surface area (Å²) in [5.41, 5.74) is 0.552. The number of aromatic amines is 1. The van der Waals surface area contributed by atoms with Gasteiger partial charge in [0, 0.05) is 5.39 Å². The summed E-state index contributed by atoms with van der Waals surface area (Å²) in [5, 5.41) is 11.7. The van der Waals surface area contributed by atoms with Crippen LogP contribution in [0.2, 0.25) is 0 Å². The Morgan fingerprint density at radius 1 is 1.15 bits per heavy atom. The normalized spacial score (nSPS) is 15.9. The van der Waals surface area contributed by atoms with E-state index in [4.69, 9.17) is 0 Å². The molecule has 0 aliphatic carbocycles. The quantitative estimate of drug-likeness (QED) is 0.688. The first-order chi connectivity index (χ1) is 12.6. The minimum atomic E-state index is -5.86. The van der Waals surface area contributed by atoms with Crippen LogP contribution in [0.25, 0.3) is 22.1 Å². The zero-order chi connectivity index (χ0) is 19.6. The molecule has 0 bridgehead atoms. The second-order valence-electron chi connectivity index (χ2n) is 5.93. The average molecular weight is 384 g/mol. The number of nitrogens with one attached hydrogen (secondary N) is 1. The number of halogens is 5. The molecule has 12 heteroatoms. The monoisotopic (exact) mass is 384 g/mol. The van der Waals surface area contributed by atoms with E-state index >= 15 is 0 Å². The smallest absolute Gasteiger partial charge is 0.337 e. The first-order valence-corrected chi connectivity index (χ1v) is 7.57. The predicted octanol–water partition coefficient (Wildman–Crippen LogP) is 3.10. The van der Waals surface area contributed by atoms with Crippen molar-refractivity contribution < 1.29 is 26.7 Å². The first-order valence-electron chi connectivity index (χ1n) is 7.57. The summed E-state index contributed by atoms with van der Waals surface area (Å²) in [6, 6.07) is 5.39. The van der Waals surface area contributed by atoms with Gasteiger partial charge < -0.3 is 4.98 Å². The van der Waals surface area contributed by atoms with Crippen LogP contribution in [-0.4, -0.2) is 43.9 Å². The molecule has 1 aliphatic heterocycles. The van der Waals surface area contributed by atoms with Crippen LogP contribution in [0, 0.1) is 6.92 Å². The molecule has 140 valence electrons. The van der Waals surface area contributed by atoms with Gasteiger partial charge in [-0.25, -0.2) is 0 Å². The summed E-state index contributed by atoms with van der Waals surface area (Å²) >= 11 is 0. The molecule has 2 aromatic heterocycles. The number of aryl methyl sites for hydroxylation is 1. The zero-order valence-corrected chi connectivity index (χ0v) is 13.5. The molecule has 27 heavy (non-hydrogen) atoms. The van der Waals surface area contributed by atoms with E-state index in [-0.39, 0.29) is 5.65 Å². The van der Waals surface area contributed by atoms with Gasteiger partial charge in [0.1, 0.15) is 11.2 Å². The predicted molar refractivity (Wildman–Crippen MR) is 84.5 cm³/mol. The Morgan fingerprint density at radius 2 is 1.89 bits per heavy atom. The Balaban J connectivity index is 1.79. The molecule has 3 heterocycles. The van der Waals surface area contributed by atoms with Crippen molar-refractivity contribution in [3.63, 3.8) is 0 Å². The number of carbonyl (C=O) groups is 1. The number of anilines is 1. The van der Waals surface area contributed by atoms with Gasteiger partial charge in [0.25, 0.3) is 11.9 Å². The molecule has 4 rings (SSSR count). The van der Waals surface area contributed by atoms with Gasteiger partial charge in [-0.05, 0) is 12.5 Å². The van der Waals surface area contributed by atoms with E-state index in [1.165, 1.54) is 0 Å². The van der Waals surface area contributed by atoms with Crippen molar-refractivity contribution >= 4 is 39.6 Å². The fourth-order valence-corrected chi connectivity index (χ4v) is 2.75. The number of hydrogen-bond acceptors (Lipinski definition) is 5. The lowest BCUT2D eigenvalue weighted by Crippen LogP contribution is -2.43. The van der Waals surface area contributed by atoms with E-state index in [1.807, 2.05) is 13.0 Å². The summed E-state index contributed by atoms with van der Waals surface area (Å²) < 4.78 is 64.4. The van der Waals surface area contributed by atoms with Gasteiger partial charge in [-0.15, -0.1) is 10.2 Å². The Kier molecular flexibility index (Phi) is 3.45. The topological polar surface area (TPSA) is 87.1 Å². The molecule has 0 spiro atoms. The number of alkyl halides is 5. The third-order valence-corrected chi connectivity index (χ3v) is 4.13. The highest BCUT2D eigenvalue weighted by molar-refractivity contribution is 6.15. The molecule has 0 unspecified atom stereocenters. The zero-order valence-electron chi connectivity index (χ0n) is 13.5. The van der Waals surface area contributed by atoms with Gasteiger partial charge in [0.05, 0.1) is 11.9 Å². The van der Waals surface area contributed by atoms with Crippen LogP contribution in [-0.2, 0) is 4.79 Å². The molecule has 0 atom stereocenters. The number of fused-ring (bicyclic) bond motifs is 3. The summed E-state index contributed by atoms with van der Waals surface area (Å²) in [5.74, 6) is -6.83. The molecule has 3 aromatic rings. The van der Waals surface area contributed by atoms with Crippen LogP contribution < -0.4 is 5.01 Å². The molecular formula is C15H9F5N6O. The molecule has 0 saturated heterocycles. The van der Waals surface area contributed by atoms with E-state index < -0.39 is 36.1 Å². The number of aromatic nitrogens is 4. The Labute approximate surface area is 146 Å². The fourth-order valence-electron chi connectivity index (χ4n) is 2.75. The van der Waals surface area contributed by atoms with Gasteiger partial charge in [-0.2, -0.15) is 37.0 Å². The maximum absolute atomic E-state index is 13.4. The third kappa shape index (κ3) is 2.51. The summed E-state index contributed by atoms with van der Waals surface area (Å²) in [7, 11) is 0. The molecule has 1 aliphatic rings. The number of benzene rings is 1. The molecular weight excluding hydrogens is 375 g/mol. The van der Waals surface area contributed by atoms with Crippen LogP contribution in [0.4, 0.5) is 27.9 Å². The molecule has 0 fully saturated rings. The number of para-hydroxylation sites is 1. The lowest BCUT2D eigenvalue weighted by molar-refractivity contribution is -0.249. The van der Waals surface area contributed by atoms with Crippen molar-refractivity contribution in [1.29, 1.82) is 0 Å². The van der Waals surface area contributed by atoms with Crippen molar-refractivity contribution in [2.24, 2.45) is 5.10 Å². The molecule has 0 saturated carbocycles. The van der Waals surface area contributed by atoms with Crippen molar-refractivity contribution in [3.8, 4) is 0 Å². The van der Waals surface area contributed by atoms with E-state index in [1.54, 1.807) is 12.1 Å². The lowest BCUT2D eigenvalue weighted by Gasteiger charge is -2.18. The Morgan fingerprint density at radius 3 is 2.59 bits per heavy atom. The second-order valence-corrected chi connectivity index (χ2v) is 5.93. The largest absolute Gasteiger partial charge is 0.459 e. The first kappa shape index (κ1) is 17.2. The maximum atomic E-state index is 13.4. The molecule has 1 N–H and O–H groups in total. The van der Waals surface area contributed by atoms with Crippen molar-refractivity contribution in [3.05, 3.63) is 23.8 Å². The van der Waals surface area contributed by atoms with Crippen molar-refractivity contribution in [2.45, 2.75) is 25.4 Å². The summed E-state index contributed by atoms with van der Waals surface area (Å²) in [4.78, 5) is 18.9. The van der Waals surface area contributed by atoms with E-state index in [2.05, 4.69) is 25.3 Å². The molecule has 1 aromatic carbocycles. The van der Waals surface area contributed by atoms with Gasteiger partial charge in [0.2, 0.25) is 0 Å². The van der Waals surface area contributed by atoms with Crippen LogP contribution in [0.5, 0.6) is 0 Å². The third-order valence-electron chi connectivity index (χ3n) is 4.13. The number of carbonyl (C=O) groups excluding carboxylic acids is 1.